The number of aromatic nitrogens is 1. The molecule has 0 amide bonds. The van der Waals surface area contributed by atoms with Gasteiger partial charge in [-0.15, -0.1) is 0 Å². The fraction of sp³-hybridized carbons (Fsp3) is 0.474. The first-order valence-corrected chi connectivity index (χ1v) is 11.0. The molecule has 1 aliphatic rings. The first-order valence-electron chi connectivity index (χ1n) is 9.19. The smallest absolute Gasteiger partial charge is 0.211 e. The third-order valence-corrected chi connectivity index (χ3v) is 6.31. The van der Waals surface area contributed by atoms with Crippen molar-refractivity contribution in [2.45, 2.75) is 19.4 Å². The second kappa shape index (κ2) is 8.67. The molecule has 146 valence electrons. The van der Waals surface area contributed by atoms with Crippen LogP contribution in [-0.2, 0) is 16.6 Å². The quantitative estimate of drug-likeness (QED) is 0.599. The monoisotopic (exact) mass is 389 g/mol. The third kappa shape index (κ3) is 5.17. The summed E-state index contributed by atoms with van der Waals surface area (Å²) in [7, 11) is -1.31. The molecule has 0 unspecified atom stereocenters. The molecule has 0 radical (unpaired) electrons. The van der Waals surface area contributed by atoms with Crippen LogP contribution in [0.3, 0.4) is 0 Å². The van der Waals surface area contributed by atoms with Gasteiger partial charge in [-0.1, -0.05) is 18.2 Å². The fourth-order valence-corrected chi connectivity index (χ4v) is 4.27. The molecule has 3 rings (SSSR count). The van der Waals surface area contributed by atoms with E-state index in [0.29, 0.717) is 25.6 Å². The van der Waals surface area contributed by atoms with Crippen molar-refractivity contribution in [3.8, 4) is 0 Å². The number of piperidine rings is 1. The maximum Gasteiger partial charge on any atom is 0.211 e. The van der Waals surface area contributed by atoms with Gasteiger partial charge in [0, 0.05) is 44.8 Å². The lowest BCUT2D eigenvalue weighted by Gasteiger charge is -2.30. The molecular weight excluding hydrogens is 362 g/mol. The lowest BCUT2D eigenvalue weighted by Crippen LogP contribution is -2.43. The van der Waals surface area contributed by atoms with Crippen LogP contribution in [0.1, 0.15) is 18.4 Å². The number of hydrogen-bond donors (Lipinski definition) is 2. The molecule has 1 aliphatic heterocycles. The normalized spacial score (nSPS) is 17.2. The Kier molecular flexibility index (Phi) is 6.28. The molecule has 1 aromatic heterocycles. The van der Waals surface area contributed by atoms with Crippen molar-refractivity contribution < 1.29 is 8.42 Å². The van der Waals surface area contributed by atoms with Gasteiger partial charge in [0.2, 0.25) is 10.0 Å². The summed E-state index contributed by atoms with van der Waals surface area (Å²) in [6.07, 6.45) is 4.84. The van der Waals surface area contributed by atoms with Crippen LogP contribution < -0.4 is 10.6 Å². The van der Waals surface area contributed by atoms with E-state index in [1.54, 1.807) is 11.4 Å². The minimum absolute atomic E-state index is 0.448. The first-order chi connectivity index (χ1) is 13.0. The summed E-state index contributed by atoms with van der Waals surface area (Å²) in [4.78, 5) is 8.68. The van der Waals surface area contributed by atoms with Gasteiger partial charge in [0.25, 0.3) is 0 Å². The Morgan fingerprint density at radius 2 is 1.96 bits per heavy atom. The SMILES string of the molecule is CN=C(NCc1ccnc2ccccc12)NCC1CCN(S(C)(=O)=O)CC1. The zero-order valence-corrected chi connectivity index (χ0v) is 16.7. The molecule has 0 aliphatic carbocycles. The van der Waals surface area contributed by atoms with E-state index in [-0.39, 0.29) is 0 Å². The van der Waals surface area contributed by atoms with Crippen LogP contribution in [0.25, 0.3) is 10.9 Å². The predicted molar refractivity (Wildman–Crippen MR) is 109 cm³/mol. The van der Waals surface area contributed by atoms with Crippen LogP contribution in [0.4, 0.5) is 0 Å². The zero-order chi connectivity index (χ0) is 19.3. The molecule has 8 heteroatoms. The molecule has 1 aromatic carbocycles. The number of para-hydroxylation sites is 1. The molecular formula is C19H27N5O2S. The molecule has 0 spiro atoms. The highest BCUT2D eigenvalue weighted by Gasteiger charge is 2.24. The standard InChI is InChI=1S/C19H27N5O2S/c1-20-19(22-13-15-8-11-24(12-9-15)27(2,25)26)23-14-16-7-10-21-18-6-4-3-5-17(16)18/h3-7,10,15H,8-9,11-14H2,1-2H3,(H2,20,22,23). The van der Waals surface area contributed by atoms with Crippen molar-refractivity contribution in [2.75, 3.05) is 32.9 Å². The number of guanidine groups is 1. The second-order valence-corrected chi connectivity index (χ2v) is 8.88. The molecule has 2 N–H and O–H groups in total. The van der Waals surface area contributed by atoms with Gasteiger partial charge in [0.1, 0.15) is 0 Å². The first kappa shape index (κ1) is 19.6. The van der Waals surface area contributed by atoms with Gasteiger partial charge in [-0.2, -0.15) is 0 Å². The van der Waals surface area contributed by atoms with E-state index in [1.165, 1.54) is 11.8 Å². The molecule has 7 nitrogen and oxygen atoms in total. The fourth-order valence-electron chi connectivity index (χ4n) is 3.39. The Labute approximate surface area is 160 Å². The summed E-state index contributed by atoms with van der Waals surface area (Å²) in [6, 6.07) is 10.1. The van der Waals surface area contributed by atoms with Crippen LogP contribution in [0.2, 0.25) is 0 Å². The summed E-state index contributed by atoms with van der Waals surface area (Å²) in [5.74, 6) is 1.20. The van der Waals surface area contributed by atoms with E-state index >= 15 is 0 Å². The summed E-state index contributed by atoms with van der Waals surface area (Å²) in [5, 5.41) is 7.86. The van der Waals surface area contributed by atoms with Gasteiger partial charge in [0.05, 0.1) is 11.8 Å². The number of fused-ring (bicyclic) bond motifs is 1. The molecule has 1 fully saturated rings. The molecule has 27 heavy (non-hydrogen) atoms. The maximum absolute atomic E-state index is 11.6. The van der Waals surface area contributed by atoms with Crippen molar-refractivity contribution >= 4 is 26.9 Å². The van der Waals surface area contributed by atoms with Crippen LogP contribution in [0.5, 0.6) is 0 Å². The molecule has 2 aromatic rings. The van der Waals surface area contributed by atoms with Crippen molar-refractivity contribution in [2.24, 2.45) is 10.9 Å². The molecule has 0 saturated carbocycles. The number of nitrogens with zero attached hydrogens (tertiary/aromatic N) is 3. The Balaban J connectivity index is 1.50. The minimum atomic E-state index is -3.07. The van der Waals surface area contributed by atoms with Gasteiger partial charge in [0.15, 0.2) is 5.96 Å². The van der Waals surface area contributed by atoms with Crippen molar-refractivity contribution in [1.29, 1.82) is 0 Å². The van der Waals surface area contributed by atoms with E-state index in [4.69, 9.17) is 0 Å². The number of nitrogens with one attached hydrogen (secondary N) is 2. The van der Waals surface area contributed by atoms with Gasteiger partial charge in [-0.25, -0.2) is 12.7 Å². The van der Waals surface area contributed by atoms with Crippen LogP contribution >= 0.6 is 0 Å². The summed E-state index contributed by atoms with van der Waals surface area (Å²) in [6.45, 7) is 2.64. The van der Waals surface area contributed by atoms with Gasteiger partial charge in [-0.3, -0.25) is 9.98 Å². The Hall–Kier alpha value is -2.19. The van der Waals surface area contributed by atoms with Gasteiger partial charge in [-0.05, 0) is 36.5 Å². The van der Waals surface area contributed by atoms with E-state index in [0.717, 1.165) is 36.2 Å². The average molecular weight is 390 g/mol. The van der Waals surface area contributed by atoms with Crippen LogP contribution in [0.15, 0.2) is 41.5 Å². The third-order valence-electron chi connectivity index (χ3n) is 5.01. The van der Waals surface area contributed by atoms with Crippen molar-refractivity contribution in [3.63, 3.8) is 0 Å². The number of benzene rings is 1. The highest BCUT2D eigenvalue weighted by atomic mass is 32.2. The number of sulfonamides is 1. The predicted octanol–water partition coefficient (Wildman–Crippen LogP) is 1.57. The lowest BCUT2D eigenvalue weighted by atomic mass is 9.98. The largest absolute Gasteiger partial charge is 0.356 e. The second-order valence-electron chi connectivity index (χ2n) is 6.90. The van der Waals surface area contributed by atoms with E-state index in [1.807, 2.05) is 30.5 Å². The Morgan fingerprint density at radius 3 is 2.67 bits per heavy atom. The van der Waals surface area contributed by atoms with E-state index in [9.17, 15) is 8.42 Å². The van der Waals surface area contributed by atoms with Crippen LogP contribution in [-0.4, -0.2) is 56.6 Å². The molecule has 0 bridgehead atoms. The number of hydrogen-bond acceptors (Lipinski definition) is 4. The zero-order valence-electron chi connectivity index (χ0n) is 15.9. The summed E-state index contributed by atoms with van der Waals surface area (Å²) < 4.78 is 24.8. The van der Waals surface area contributed by atoms with Crippen molar-refractivity contribution in [3.05, 3.63) is 42.1 Å². The van der Waals surface area contributed by atoms with E-state index in [2.05, 4.69) is 26.7 Å². The topological polar surface area (TPSA) is 86.7 Å². The average Bonchev–Trinajstić information content (AvgIpc) is 2.68. The van der Waals surface area contributed by atoms with Gasteiger partial charge < -0.3 is 10.6 Å². The summed E-state index contributed by atoms with van der Waals surface area (Å²) >= 11 is 0. The van der Waals surface area contributed by atoms with Gasteiger partial charge >= 0.3 is 0 Å². The lowest BCUT2D eigenvalue weighted by molar-refractivity contribution is 0.275. The molecule has 1 saturated heterocycles. The Bertz CT molecular complexity index is 900. The maximum atomic E-state index is 11.6. The highest BCUT2D eigenvalue weighted by Crippen LogP contribution is 2.18. The number of aliphatic imine (C=N–C) groups is 1. The number of rotatable bonds is 5. The van der Waals surface area contributed by atoms with E-state index < -0.39 is 10.0 Å². The summed E-state index contributed by atoms with van der Waals surface area (Å²) in [5.41, 5.74) is 2.15. The highest BCUT2D eigenvalue weighted by molar-refractivity contribution is 7.88. The minimum Gasteiger partial charge on any atom is -0.356 e. The van der Waals surface area contributed by atoms with Crippen molar-refractivity contribution in [1.82, 2.24) is 19.9 Å². The Morgan fingerprint density at radius 1 is 1.22 bits per heavy atom. The molecule has 0 atom stereocenters. The number of pyridine rings is 1. The molecule has 2 heterocycles. The van der Waals surface area contributed by atoms with Crippen LogP contribution in [0, 0.1) is 5.92 Å².